The van der Waals surface area contributed by atoms with E-state index in [1.54, 1.807) is 6.92 Å². The number of nitrogens with one attached hydrogen (secondary N) is 1. The zero-order valence-electron chi connectivity index (χ0n) is 8.47. The van der Waals surface area contributed by atoms with Gasteiger partial charge in [-0.15, -0.1) is 0 Å². The third kappa shape index (κ3) is 2.07. The number of carbonyl (C=O) groups is 1. The van der Waals surface area contributed by atoms with Gasteiger partial charge < -0.3 is 5.32 Å². The Morgan fingerprint density at radius 1 is 1.62 bits per heavy atom. The van der Waals surface area contributed by atoms with Crippen molar-refractivity contribution < 1.29 is 4.79 Å². The van der Waals surface area contributed by atoms with E-state index >= 15 is 0 Å². The van der Waals surface area contributed by atoms with Crippen molar-refractivity contribution in [2.45, 2.75) is 32.9 Å². The molecule has 0 aromatic heterocycles. The first-order valence-electron chi connectivity index (χ1n) is 4.34. The lowest BCUT2D eigenvalue weighted by atomic mass is 9.82. The first kappa shape index (κ1) is 10.6. The molecule has 1 saturated heterocycles. The molecule has 1 heterocycles. The zero-order valence-corrected chi connectivity index (χ0v) is 9.29. The number of hydrogen-bond donors (Lipinski definition) is 1. The Hall–Kier alpha value is -0.460. The Labute approximate surface area is 83.9 Å². The van der Waals surface area contributed by atoms with E-state index in [9.17, 15) is 4.79 Å². The van der Waals surface area contributed by atoms with Gasteiger partial charge in [0.2, 0.25) is 0 Å². The molecule has 13 heavy (non-hydrogen) atoms. The van der Waals surface area contributed by atoms with Crippen LogP contribution in [0.2, 0.25) is 0 Å². The number of Topliss-reactive ketones (excluding diaryl/α,β-unsaturated/α-hetero) is 1. The first-order chi connectivity index (χ1) is 6.02. The van der Waals surface area contributed by atoms with E-state index in [-0.39, 0.29) is 11.8 Å². The maximum absolute atomic E-state index is 11.4. The van der Waals surface area contributed by atoms with Crippen LogP contribution in [-0.4, -0.2) is 24.1 Å². The van der Waals surface area contributed by atoms with Crippen LogP contribution in [0.4, 0.5) is 0 Å². The summed E-state index contributed by atoms with van der Waals surface area (Å²) in [5, 5.41) is 6.15. The summed E-state index contributed by atoms with van der Waals surface area (Å²) in [6.45, 7) is 5.61. The minimum absolute atomic E-state index is 0.149. The van der Waals surface area contributed by atoms with E-state index in [0.29, 0.717) is 6.04 Å². The van der Waals surface area contributed by atoms with Crippen LogP contribution in [0.1, 0.15) is 20.8 Å². The Bertz CT molecular complexity index is 278. The van der Waals surface area contributed by atoms with Crippen molar-refractivity contribution >= 4 is 17.5 Å². The van der Waals surface area contributed by atoms with Crippen molar-refractivity contribution in [2.24, 2.45) is 5.41 Å². The molecule has 3 heteroatoms. The fourth-order valence-corrected chi connectivity index (χ4v) is 1.75. The number of ketones is 1. The lowest BCUT2D eigenvalue weighted by Gasteiger charge is -2.18. The van der Waals surface area contributed by atoms with Crippen molar-refractivity contribution in [2.75, 3.05) is 6.26 Å². The Balaban J connectivity index is 2.82. The van der Waals surface area contributed by atoms with E-state index in [4.69, 9.17) is 0 Å². The predicted octanol–water partition coefficient (Wildman–Crippen LogP) is 1.27. The predicted molar refractivity (Wildman–Crippen MR) is 56.5 cm³/mol. The lowest BCUT2D eigenvalue weighted by molar-refractivity contribution is -0.123. The molecule has 1 N–H and O–H groups in total. The molecule has 1 fully saturated rings. The molecule has 0 spiro atoms. The monoisotopic (exact) mass is 197 g/mol. The highest BCUT2D eigenvalue weighted by Gasteiger charge is 2.49. The third-order valence-corrected chi connectivity index (χ3v) is 2.91. The van der Waals surface area contributed by atoms with Gasteiger partial charge in [-0.3, -0.25) is 4.79 Å². The molecule has 0 aromatic rings. The second kappa shape index (κ2) is 3.73. The standard InChI is InChI=1S/C10H15NOS/c1-7-9(11-7)10(3,8(2)12)5-6-13-4/h7,9,11H,1-4H3/t7?,9?,10-/m0/s1. The Morgan fingerprint density at radius 3 is 2.46 bits per heavy atom. The molecule has 0 saturated carbocycles. The number of thioether (sulfide) groups is 1. The average Bonchev–Trinajstić information content (AvgIpc) is 2.78. The summed E-state index contributed by atoms with van der Waals surface area (Å²) in [6, 6.07) is 0.662. The van der Waals surface area contributed by atoms with Crippen molar-refractivity contribution in [3.8, 4) is 11.2 Å². The van der Waals surface area contributed by atoms with E-state index in [1.165, 1.54) is 11.8 Å². The van der Waals surface area contributed by atoms with Gasteiger partial charge in [-0.25, -0.2) is 0 Å². The largest absolute Gasteiger partial charge is 0.307 e. The van der Waals surface area contributed by atoms with Gasteiger partial charge in [-0.2, -0.15) is 0 Å². The third-order valence-electron chi connectivity index (χ3n) is 2.60. The normalized spacial score (nSPS) is 29.8. The molecule has 2 nitrogen and oxygen atoms in total. The van der Waals surface area contributed by atoms with E-state index < -0.39 is 5.41 Å². The summed E-state index contributed by atoms with van der Waals surface area (Å²) < 4.78 is 0. The van der Waals surface area contributed by atoms with Crippen LogP contribution in [0.15, 0.2) is 0 Å². The number of rotatable bonds is 2. The van der Waals surface area contributed by atoms with Crippen molar-refractivity contribution in [3.05, 3.63) is 0 Å². The summed E-state index contributed by atoms with van der Waals surface area (Å²) in [4.78, 5) is 11.4. The number of hydrogen-bond acceptors (Lipinski definition) is 3. The van der Waals surface area contributed by atoms with Crippen LogP contribution in [-0.2, 0) is 4.79 Å². The van der Waals surface area contributed by atoms with Crippen LogP contribution < -0.4 is 5.32 Å². The van der Waals surface area contributed by atoms with Crippen LogP contribution >= 0.6 is 11.8 Å². The quantitative estimate of drug-likeness (QED) is 0.535. The van der Waals surface area contributed by atoms with Crippen molar-refractivity contribution in [3.63, 3.8) is 0 Å². The molecule has 0 radical (unpaired) electrons. The summed E-state index contributed by atoms with van der Waals surface area (Å²) in [7, 11) is 0. The lowest BCUT2D eigenvalue weighted by Crippen LogP contribution is -2.32. The van der Waals surface area contributed by atoms with Gasteiger partial charge in [-0.05, 0) is 32.3 Å². The molecule has 2 unspecified atom stereocenters. The van der Waals surface area contributed by atoms with Crippen LogP contribution in [0, 0.1) is 16.6 Å². The van der Waals surface area contributed by atoms with Crippen molar-refractivity contribution in [1.29, 1.82) is 0 Å². The SMILES string of the molecule is CSC#C[C@@](C)(C(C)=O)C1NC1C. The topological polar surface area (TPSA) is 39.0 Å². The summed E-state index contributed by atoms with van der Waals surface area (Å²) in [6.07, 6.45) is 1.91. The molecule has 1 rings (SSSR count). The van der Waals surface area contributed by atoms with Gasteiger partial charge in [0.15, 0.2) is 0 Å². The molecule has 72 valence electrons. The highest BCUT2D eigenvalue weighted by Crippen LogP contribution is 2.32. The van der Waals surface area contributed by atoms with Gasteiger partial charge in [0.1, 0.15) is 11.2 Å². The minimum Gasteiger partial charge on any atom is -0.307 e. The summed E-state index contributed by atoms with van der Waals surface area (Å²) in [5.74, 6) is 3.19. The molecule has 1 aliphatic heterocycles. The molecule has 0 bridgehead atoms. The van der Waals surface area contributed by atoms with Gasteiger partial charge in [-0.1, -0.05) is 17.7 Å². The second-order valence-corrected chi connectivity index (χ2v) is 4.24. The molecular weight excluding hydrogens is 182 g/mol. The molecule has 3 atom stereocenters. The van der Waals surface area contributed by atoms with Crippen LogP contribution in [0.3, 0.4) is 0 Å². The van der Waals surface area contributed by atoms with Crippen LogP contribution in [0.5, 0.6) is 0 Å². The fraction of sp³-hybridized carbons (Fsp3) is 0.700. The Morgan fingerprint density at radius 2 is 2.15 bits per heavy atom. The van der Waals surface area contributed by atoms with Gasteiger partial charge in [0.25, 0.3) is 0 Å². The molecule has 0 aromatic carbocycles. The molecule has 1 aliphatic rings. The van der Waals surface area contributed by atoms with Crippen molar-refractivity contribution in [1.82, 2.24) is 5.32 Å². The van der Waals surface area contributed by atoms with E-state index in [2.05, 4.69) is 23.4 Å². The fourth-order valence-electron chi connectivity index (χ4n) is 1.44. The smallest absolute Gasteiger partial charge is 0.149 e. The molecule has 0 amide bonds. The second-order valence-electron chi connectivity index (χ2n) is 3.62. The van der Waals surface area contributed by atoms with Gasteiger partial charge >= 0.3 is 0 Å². The van der Waals surface area contributed by atoms with Gasteiger partial charge in [0.05, 0.1) is 0 Å². The summed E-state index contributed by atoms with van der Waals surface area (Å²) >= 11 is 1.45. The maximum Gasteiger partial charge on any atom is 0.149 e. The van der Waals surface area contributed by atoms with Gasteiger partial charge in [0, 0.05) is 12.1 Å². The molecule has 0 aliphatic carbocycles. The average molecular weight is 197 g/mol. The summed E-state index contributed by atoms with van der Waals surface area (Å²) in [5.41, 5.74) is -0.498. The van der Waals surface area contributed by atoms with E-state index in [1.807, 2.05) is 13.2 Å². The Kier molecular flexibility index (Phi) is 3.05. The highest BCUT2D eigenvalue weighted by molar-refractivity contribution is 8.03. The molecular formula is C10H15NOS. The van der Waals surface area contributed by atoms with E-state index in [0.717, 1.165) is 0 Å². The maximum atomic E-state index is 11.4. The highest BCUT2D eigenvalue weighted by atomic mass is 32.2. The minimum atomic E-state index is -0.498. The van der Waals surface area contributed by atoms with Crippen LogP contribution in [0.25, 0.3) is 0 Å². The zero-order chi connectivity index (χ0) is 10.1. The number of carbonyl (C=O) groups excluding carboxylic acids is 1. The first-order valence-corrected chi connectivity index (χ1v) is 5.57.